The Labute approximate surface area is 92.5 Å². The number of aryl methyl sites for hydroxylation is 2. The highest BCUT2D eigenvalue weighted by atomic mass is 16.1. The largest absolute Gasteiger partial charge is 0.294 e. The molecule has 0 aliphatic rings. The third-order valence-electron chi connectivity index (χ3n) is 2.91. The average molecular weight is 204 g/mol. The van der Waals surface area contributed by atoms with Crippen LogP contribution in [0.15, 0.2) is 18.2 Å². The van der Waals surface area contributed by atoms with Gasteiger partial charge in [-0.25, -0.2) is 0 Å². The summed E-state index contributed by atoms with van der Waals surface area (Å²) in [6, 6.07) is 6.04. The second-order valence-corrected chi connectivity index (χ2v) is 4.46. The molecular weight excluding hydrogens is 184 g/mol. The summed E-state index contributed by atoms with van der Waals surface area (Å²) in [5, 5.41) is 0. The highest BCUT2D eigenvalue weighted by Crippen LogP contribution is 2.16. The minimum atomic E-state index is 0.279. The molecule has 82 valence electrons. The van der Waals surface area contributed by atoms with E-state index >= 15 is 0 Å². The highest BCUT2D eigenvalue weighted by Gasteiger charge is 2.11. The van der Waals surface area contributed by atoms with Gasteiger partial charge >= 0.3 is 0 Å². The molecule has 0 spiro atoms. The molecule has 0 aromatic heterocycles. The molecule has 0 amide bonds. The molecule has 0 fully saturated rings. The maximum Gasteiger partial charge on any atom is 0.163 e. The molecule has 15 heavy (non-hydrogen) atoms. The van der Waals surface area contributed by atoms with Gasteiger partial charge in [-0.1, -0.05) is 44.0 Å². The molecular formula is C14H20O. The van der Waals surface area contributed by atoms with Gasteiger partial charge in [0.05, 0.1) is 0 Å². The van der Waals surface area contributed by atoms with Gasteiger partial charge < -0.3 is 0 Å². The van der Waals surface area contributed by atoms with Crippen LogP contribution in [0.25, 0.3) is 0 Å². The first-order chi connectivity index (χ1) is 7.04. The maximum absolute atomic E-state index is 11.9. The second-order valence-electron chi connectivity index (χ2n) is 4.46. The Morgan fingerprint density at radius 3 is 2.53 bits per heavy atom. The molecule has 1 rings (SSSR count). The Morgan fingerprint density at radius 2 is 2.00 bits per heavy atom. The lowest BCUT2D eigenvalue weighted by Crippen LogP contribution is -2.07. The zero-order valence-electron chi connectivity index (χ0n) is 10.1. The zero-order valence-corrected chi connectivity index (χ0v) is 10.1. The van der Waals surface area contributed by atoms with Gasteiger partial charge in [0, 0.05) is 12.0 Å². The molecule has 1 aromatic rings. The molecule has 1 heteroatoms. The van der Waals surface area contributed by atoms with Crippen molar-refractivity contribution in [2.75, 3.05) is 0 Å². The van der Waals surface area contributed by atoms with E-state index in [4.69, 9.17) is 0 Å². The van der Waals surface area contributed by atoms with Crippen molar-refractivity contribution in [2.24, 2.45) is 5.92 Å². The fourth-order valence-corrected chi connectivity index (χ4v) is 1.70. The summed E-state index contributed by atoms with van der Waals surface area (Å²) in [5.41, 5.74) is 3.21. The van der Waals surface area contributed by atoms with E-state index in [-0.39, 0.29) is 5.78 Å². The number of Topliss-reactive ketones (excluding diaryl/α,β-unsaturated/α-hetero) is 1. The number of hydrogen-bond donors (Lipinski definition) is 0. The predicted molar refractivity (Wildman–Crippen MR) is 64.3 cm³/mol. The van der Waals surface area contributed by atoms with Gasteiger partial charge in [0.25, 0.3) is 0 Å². The summed E-state index contributed by atoms with van der Waals surface area (Å²) in [6.07, 6.45) is 1.73. The lowest BCUT2D eigenvalue weighted by atomic mass is 9.94. The van der Waals surface area contributed by atoms with Crippen molar-refractivity contribution in [3.05, 3.63) is 34.9 Å². The Kier molecular flexibility index (Phi) is 4.07. The molecule has 1 aromatic carbocycles. The molecule has 1 atom stereocenters. The molecule has 1 nitrogen and oxygen atoms in total. The average Bonchev–Trinajstić information content (AvgIpc) is 2.17. The van der Waals surface area contributed by atoms with Crippen LogP contribution in [0.3, 0.4) is 0 Å². The third kappa shape index (κ3) is 3.19. The molecule has 0 bridgehead atoms. The maximum atomic E-state index is 11.9. The monoisotopic (exact) mass is 204 g/mol. The standard InChI is InChI=1S/C14H20O/c1-5-10(2)9-14(15)13-7-6-11(3)8-12(13)4/h6-8,10H,5,9H2,1-4H3. The summed E-state index contributed by atoms with van der Waals surface area (Å²) in [4.78, 5) is 11.9. The van der Waals surface area contributed by atoms with Crippen LogP contribution >= 0.6 is 0 Å². The molecule has 0 radical (unpaired) electrons. The van der Waals surface area contributed by atoms with Gasteiger partial charge in [-0.15, -0.1) is 0 Å². The summed E-state index contributed by atoms with van der Waals surface area (Å²) in [5.74, 6) is 0.764. The smallest absolute Gasteiger partial charge is 0.163 e. The number of carbonyl (C=O) groups is 1. The Hall–Kier alpha value is -1.11. The number of hydrogen-bond acceptors (Lipinski definition) is 1. The van der Waals surface area contributed by atoms with E-state index in [0.29, 0.717) is 12.3 Å². The molecule has 0 heterocycles. The molecule has 0 saturated heterocycles. The van der Waals surface area contributed by atoms with E-state index in [1.165, 1.54) is 5.56 Å². The predicted octanol–water partition coefficient (Wildman–Crippen LogP) is 3.92. The summed E-state index contributed by atoms with van der Waals surface area (Å²) in [6.45, 7) is 8.31. The summed E-state index contributed by atoms with van der Waals surface area (Å²) in [7, 11) is 0. The molecule has 0 aliphatic carbocycles. The minimum Gasteiger partial charge on any atom is -0.294 e. The Balaban J connectivity index is 2.82. The van der Waals surface area contributed by atoms with Crippen molar-refractivity contribution in [2.45, 2.75) is 40.5 Å². The topological polar surface area (TPSA) is 17.1 Å². The van der Waals surface area contributed by atoms with Gasteiger partial charge in [-0.05, 0) is 25.3 Å². The number of rotatable bonds is 4. The first-order valence-electron chi connectivity index (χ1n) is 5.65. The normalized spacial score (nSPS) is 12.5. The SMILES string of the molecule is CCC(C)CC(=O)c1ccc(C)cc1C. The highest BCUT2D eigenvalue weighted by molar-refractivity contribution is 5.97. The van der Waals surface area contributed by atoms with E-state index in [0.717, 1.165) is 17.5 Å². The van der Waals surface area contributed by atoms with Crippen molar-refractivity contribution >= 4 is 5.78 Å². The van der Waals surface area contributed by atoms with Gasteiger partial charge in [-0.3, -0.25) is 4.79 Å². The van der Waals surface area contributed by atoms with Crippen LogP contribution in [0.5, 0.6) is 0 Å². The van der Waals surface area contributed by atoms with Crippen LogP contribution < -0.4 is 0 Å². The fraction of sp³-hybridized carbons (Fsp3) is 0.500. The second kappa shape index (κ2) is 5.11. The van der Waals surface area contributed by atoms with Crippen molar-refractivity contribution < 1.29 is 4.79 Å². The van der Waals surface area contributed by atoms with Gasteiger partial charge in [0.15, 0.2) is 5.78 Å². The summed E-state index contributed by atoms with van der Waals surface area (Å²) < 4.78 is 0. The lowest BCUT2D eigenvalue weighted by molar-refractivity contribution is 0.0963. The first-order valence-corrected chi connectivity index (χ1v) is 5.65. The molecule has 1 unspecified atom stereocenters. The number of ketones is 1. The van der Waals surface area contributed by atoms with E-state index in [9.17, 15) is 4.79 Å². The van der Waals surface area contributed by atoms with E-state index in [2.05, 4.69) is 26.8 Å². The lowest BCUT2D eigenvalue weighted by Gasteiger charge is -2.09. The van der Waals surface area contributed by atoms with Crippen molar-refractivity contribution in [1.82, 2.24) is 0 Å². The van der Waals surface area contributed by atoms with E-state index < -0.39 is 0 Å². The van der Waals surface area contributed by atoms with Crippen LogP contribution in [0.4, 0.5) is 0 Å². The third-order valence-corrected chi connectivity index (χ3v) is 2.91. The number of carbonyl (C=O) groups excluding carboxylic acids is 1. The zero-order chi connectivity index (χ0) is 11.4. The molecule has 0 N–H and O–H groups in total. The molecule has 0 aliphatic heterocycles. The van der Waals surface area contributed by atoms with Gasteiger partial charge in [0.2, 0.25) is 0 Å². The Morgan fingerprint density at radius 1 is 1.33 bits per heavy atom. The van der Waals surface area contributed by atoms with Crippen LogP contribution in [-0.2, 0) is 0 Å². The summed E-state index contributed by atoms with van der Waals surface area (Å²) >= 11 is 0. The number of benzene rings is 1. The van der Waals surface area contributed by atoms with Gasteiger partial charge in [-0.2, -0.15) is 0 Å². The van der Waals surface area contributed by atoms with E-state index in [1.807, 2.05) is 19.1 Å². The van der Waals surface area contributed by atoms with Crippen molar-refractivity contribution in [3.63, 3.8) is 0 Å². The van der Waals surface area contributed by atoms with Gasteiger partial charge in [0.1, 0.15) is 0 Å². The van der Waals surface area contributed by atoms with Crippen LogP contribution in [0.1, 0.15) is 48.2 Å². The first kappa shape index (κ1) is 12.0. The van der Waals surface area contributed by atoms with Crippen molar-refractivity contribution in [3.8, 4) is 0 Å². The van der Waals surface area contributed by atoms with Crippen LogP contribution in [0.2, 0.25) is 0 Å². The molecule has 0 saturated carbocycles. The minimum absolute atomic E-state index is 0.279. The fourth-order valence-electron chi connectivity index (χ4n) is 1.70. The Bertz CT molecular complexity index is 352. The van der Waals surface area contributed by atoms with Crippen LogP contribution in [0, 0.1) is 19.8 Å². The van der Waals surface area contributed by atoms with Crippen LogP contribution in [-0.4, -0.2) is 5.78 Å². The quantitative estimate of drug-likeness (QED) is 0.679. The van der Waals surface area contributed by atoms with Crippen molar-refractivity contribution in [1.29, 1.82) is 0 Å². The van der Waals surface area contributed by atoms with E-state index in [1.54, 1.807) is 0 Å².